The number of carbonyl (C=O) groups excluding carboxylic acids is 2. The standard InChI is InChI=1S/C21H22NO5/c23-10-12-26-14-13-25-11-9-22-21(24)27-15-20-18-7-3-1-5-16(18)17-6-2-4-8-19(17)20/h1-8,20H,9,11-15H2,(H,22,24). The van der Waals surface area contributed by atoms with Crippen LogP contribution in [0.1, 0.15) is 17.0 Å². The van der Waals surface area contributed by atoms with Crippen LogP contribution in [0.5, 0.6) is 0 Å². The number of fused-ring (bicyclic) bond motifs is 3. The van der Waals surface area contributed by atoms with Crippen molar-refractivity contribution in [1.29, 1.82) is 0 Å². The molecule has 0 saturated heterocycles. The Balaban J connectivity index is 1.42. The lowest BCUT2D eigenvalue weighted by atomic mass is 9.98. The zero-order chi connectivity index (χ0) is 18.9. The normalized spacial score (nSPS) is 12.3. The Morgan fingerprint density at radius 3 is 2.22 bits per heavy atom. The van der Waals surface area contributed by atoms with Crippen molar-refractivity contribution in [3.8, 4) is 11.1 Å². The molecule has 1 aliphatic rings. The van der Waals surface area contributed by atoms with Crippen LogP contribution in [0.25, 0.3) is 11.1 Å². The number of ether oxygens (including phenoxy) is 3. The maximum Gasteiger partial charge on any atom is 0.407 e. The van der Waals surface area contributed by atoms with Crippen molar-refractivity contribution >= 4 is 12.4 Å². The number of hydrogen-bond acceptors (Lipinski definition) is 5. The van der Waals surface area contributed by atoms with Gasteiger partial charge >= 0.3 is 6.09 Å². The molecule has 6 heteroatoms. The van der Waals surface area contributed by atoms with Gasteiger partial charge in [0.05, 0.1) is 19.8 Å². The molecule has 0 spiro atoms. The molecule has 6 nitrogen and oxygen atoms in total. The Morgan fingerprint density at radius 1 is 0.926 bits per heavy atom. The molecule has 2 aromatic carbocycles. The van der Waals surface area contributed by atoms with E-state index in [2.05, 4.69) is 29.6 Å². The molecule has 1 N–H and O–H groups in total. The summed E-state index contributed by atoms with van der Waals surface area (Å²) in [6.45, 7) is 1.60. The summed E-state index contributed by atoms with van der Waals surface area (Å²) >= 11 is 0. The maximum atomic E-state index is 11.9. The minimum atomic E-state index is -0.465. The average molecular weight is 368 g/mol. The van der Waals surface area contributed by atoms with Gasteiger partial charge < -0.3 is 19.5 Å². The highest BCUT2D eigenvalue weighted by Gasteiger charge is 2.28. The summed E-state index contributed by atoms with van der Waals surface area (Å²) in [5.41, 5.74) is 4.76. The molecule has 0 aliphatic heterocycles. The fourth-order valence-corrected chi connectivity index (χ4v) is 3.21. The highest BCUT2D eigenvalue weighted by molar-refractivity contribution is 5.79. The second kappa shape index (κ2) is 9.85. The van der Waals surface area contributed by atoms with Gasteiger partial charge in [0.1, 0.15) is 13.2 Å². The SMILES string of the molecule is O=[C]COCCOCCNC(=O)OCC1c2ccccc2-c2ccccc21. The lowest BCUT2D eigenvalue weighted by molar-refractivity contribution is 0.0615. The highest BCUT2D eigenvalue weighted by atomic mass is 16.6. The van der Waals surface area contributed by atoms with Gasteiger partial charge in [0.15, 0.2) is 0 Å². The third kappa shape index (κ3) is 4.93. The lowest BCUT2D eigenvalue weighted by Crippen LogP contribution is -2.29. The first-order chi connectivity index (χ1) is 13.3. The van der Waals surface area contributed by atoms with E-state index in [1.807, 2.05) is 24.3 Å². The molecule has 27 heavy (non-hydrogen) atoms. The number of hydrogen-bond donors (Lipinski definition) is 1. The van der Waals surface area contributed by atoms with Crippen molar-refractivity contribution in [2.24, 2.45) is 0 Å². The number of rotatable bonds is 10. The molecule has 1 aliphatic carbocycles. The molecule has 0 atom stereocenters. The zero-order valence-corrected chi connectivity index (χ0v) is 15.0. The van der Waals surface area contributed by atoms with E-state index in [1.54, 1.807) is 6.29 Å². The molecule has 1 amide bonds. The molecule has 0 saturated carbocycles. The van der Waals surface area contributed by atoms with E-state index in [-0.39, 0.29) is 19.1 Å². The molecule has 3 rings (SSSR count). The van der Waals surface area contributed by atoms with Gasteiger partial charge in [-0.3, -0.25) is 4.79 Å². The van der Waals surface area contributed by atoms with Crippen LogP contribution >= 0.6 is 0 Å². The maximum absolute atomic E-state index is 11.9. The molecule has 0 aromatic heterocycles. The molecule has 0 fully saturated rings. The van der Waals surface area contributed by atoms with Crippen molar-refractivity contribution in [2.75, 3.05) is 39.6 Å². The molecule has 0 heterocycles. The smallest absolute Gasteiger partial charge is 0.407 e. The van der Waals surface area contributed by atoms with Crippen molar-refractivity contribution in [3.05, 3.63) is 59.7 Å². The van der Waals surface area contributed by atoms with Gasteiger partial charge in [-0.1, -0.05) is 48.5 Å². The summed E-state index contributed by atoms with van der Waals surface area (Å²) in [6.07, 6.45) is 1.17. The molecule has 141 valence electrons. The first-order valence-electron chi connectivity index (χ1n) is 8.90. The summed E-state index contributed by atoms with van der Waals surface area (Å²) < 4.78 is 15.6. The third-order valence-electron chi connectivity index (χ3n) is 4.39. The molecule has 0 unspecified atom stereocenters. The molecule has 2 aromatic rings. The Labute approximate surface area is 158 Å². The van der Waals surface area contributed by atoms with Crippen LogP contribution in [0, 0.1) is 0 Å². The van der Waals surface area contributed by atoms with E-state index in [0.717, 1.165) is 0 Å². The van der Waals surface area contributed by atoms with Crippen LogP contribution in [-0.4, -0.2) is 52.0 Å². The number of nitrogens with one attached hydrogen (secondary N) is 1. The van der Waals surface area contributed by atoms with Crippen molar-refractivity contribution in [3.63, 3.8) is 0 Å². The van der Waals surface area contributed by atoms with E-state index >= 15 is 0 Å². The summed E-state index contributed by atoms with van der Waals surface area (Å²) in [6, 6.07) is 16.4. The highest BCUT2D eigenvalue weighted by Crippen LogP contribution is 2.44. The zero-order valence-electron chi connectivity index (χ0n) is 15.0. The Morgan fingerprint density at radius 2 is 1.56 bits per heavy atom. The molecular formula is C21H22NO5. The van der Waals surface area contributed by atoms with Crippen molar-refractivity contribution in [2.45, 2.75) is 5.92 Å². The first-order valence-corrected chi connectivity index (χ1v) is 8.90. The largest absolute Gasteiger partial charge is 0.449 e. The number of benzene rings is 2. The van der Waals surface area contributed by atoms with Crippen LogP contribution < -0.4 is 5.32 Å². The Bertz CT molecular complexity index is 731. The van der Waals surface area contributed by atoms with Gasteiger partial charge in [-0.25, -0.2) is 4.79 Å². The van der Waals surface area contributed by atoms with Crippen LogP contribution in [0.15, 0.2) is 48.5 Å². The fourth-order valence-electron chi connectivity index (χ4n) is 3.21. The fraction of sp³-hybridized carbons (Fsp3) is 0.333. The average Bonchev–Trinajstić information content (AvgIpc) is 3.02. The van der Waals surface area contributed by atoms with Crippen molar-refractivity contribution < 1.29 is 23.8 Å². The molecular weight excluding hydrogens is 346 g/mol. The van der Waals surface area contributed by atoms with Gasteiger partial charge in [-0.15, -0.1) is 0 Å². The van der Waals surface area contributed by atoms with E-state index in [9.17, 15) is 9.59 Å². The third-order valence-corrected chi connectivity index (χ3v) is 4.39. The summed E-state index contributed by atoms with van der Waals surface area (Å²) in [4.78, 5) is 21.9. The van der Waals surface area contributed by atoms with Crippen molar-refractivity contribution in [1.82, 2.24) is 5.32 Å². The van der Waals surface area contributed by atoms with E-state index in [0.29, 0.717) is 26.4 Å². The predicted octanol–water partition coefficient (Wildman–Crippen LogP) is 2.67. The monoisotopic (exact) mass is 368 g/mol. The van der Waals surface area contributed by atoms with Crippen LogP contribution in [0.2, 0.25) is 0 Å². The molecule has 0 bridgehead atoms. The summed E-state index contributed by atoms with van der Waals surface area (Å²) in [5, 5.41) is 2.67. The van der Waals surface area contributed by atoms with Gasteiger partial charge in [0.2, 0.25) is 6.29 Å². The second-order valence-electron chi connectivity index (χ2n) is 6.06. The van der Waals surface area contributed by atoms with Gasteiger partial charge in [-0.05, 0) is 22.3 Å². The summed E-state index contributed by atoms with van der Waals surface area (Å²) in [7, 11) is 0. The van der Waals surface area contributed by atoms with E-state index in [1.165, 1.54) is 22.3 Å². The lowest BCUT2D eigenvalue weighted by Gasteiger charge is -2.14. The topological polar surface area (TPSA) is 73.9 Å². The minimum Gasteiger partial charge on any atom is -0.449 e. The van der Waals surface area contributed by atoms with Gasteiger partial charge in [-0.2, -0.15) is 0 Å². The van der Waals surface area contributed by atoms with Crippen LogP contribution in [0.3, 0.4) is 0 Å². The quantitative estimate of drug-likeness (QED) is 0.653. The van der Waals surface area contributed by atoms with Gasteiger partial charge in [0, 0.05) is 12.5 Å². The number of carbonyl (C=O) groups is 1. The number of amides is 1. The second-order valence-corrected chi connectivity index (χ2v) is 6.06. The Kier molecular flexibility index (Phi) is 6.96. The minimum absolute atomic E-state index is 0.0474. The van der Waals surface area contributed by atoms with Crippen LogP contribution in [0.4, 0.5) is 4.79 Å². The van der Waals surface area contributed by atoms with E-state index < -0.39 is 6.09 Å². The summed E-state index contributed by atoms with van der Waals surface area (Å²) in [5.74, 6) is 0.0474. The first kappa shape index (κ1) is 19.1. The molecule has 1 radical (unpaired) electrons. The van der Waals surface area contributed by atoms with E-state index in [4.69, 9.17) is 14.2 Å². The predicted molar refractivity (Wildman–Crippen MR) is 100 cm³/mol. The Hall–Kier alpha value is -2.70. The van der Waals surface area contributed by atoms with Crippen LogP contribution in [-0.2, 0) is 19.0 Å². The van der Waals surface area contributed by atoms with Gasteiger partial charge in [0.25, 0.3) is 0 Å². The number of alkyl carbamates (subject to hydrolysis) is 1.